The molecule has 0 saturated carbocycles. The van der Waals surface area contributed by atoms with Gasteiger partial charge in [0.1, 0.15) is 0 Å². The minimum absolute atomic E-state index is 0.138. The second-order valence-corrected chi connectivity index (χ2v) is 6.57. The van der Waals surface area contributed by atoms with Gasteiger partial charge in [0.25, 0.3) is 5.91 Å². The van der Waals surface area contributed by atoms with E-state index >= 15 is 0 Å². The van der Waals surface area contributed by atoms with Crippen molar-refractivity contribution >= 4 is 15.9 Å². The Bertz CT molecular complexity index is 527. The molecule has 106 valence electrons. The molecule has 0 radical (unpaired) electrons. The number of hydrogen-bond acceptors (Lipinski definition) is 5. The summed E-state index contributed by atoms with van der Waals surface area (Å²) in [5.41, 5.74) is 0.289. The lowest BCUT2D eigenvalue weighted by atomic mass is 9.98. The molecule has 1 saturated heterocycles. The van der Waals surface area contributed by atoms with Gasteiger partial charge in [0.2, 0.25) is 10.0 Å². The van der Waals surface area contributed by atoms with Gasteiger partial charge >= 0.3 is 0 Å². The monoisotopic (exact) mass is 287 g/mol. The van der Waals surface area contributed by atoms with Crippen molar-refractivity contribution in [1.29, 1.82) is 0 Å². The van der Waals surface area contributed by atoms with Crippen LogP contribution >= 0.6 is 0 Å². The number of piperidine rings is 1. The third-order valence-electron chi connectivity index (χ3n) is 3.07. The fraction of sp³-hybridized carbons (Fsp3) is 0.700. The Kier molecular flexibility index (Phi) is 4.15. The second-order valence-electron chi connectivity index (χ2n) is 4.74. The number of rotatable bonds is 4. The predicted octanol–water partition coefficient (Wildman–Crippen LogP) is -0.794. The first-order chi connectivity index (χ1) is 8.96. The summed E-state index contributed by atoms with van der Waals surface area (Å²) in [6.07, 6.45) is 4.29. The van der Waals surface area contributed by atoms with Crippen molar-refractivity contribution in [3.05, 3.63) is 11.9 Å². The molecule has 1 amide bonds. The lowest BCUT2D eigenvalue weighted by Crippen LogP contribution is -2.43. The number of amides is 1. The van der Waals surface area contributed by atoms with Gasteiger partial charge in [-0.2, -0.15) is 15.4 Å². The molecular formula is C10H17N5O3S. The summed E-state index contributed by atoms with van der Waals surface area (Å²) in [4.78, 5) is 13.8. The number of aromatic amines is 1. The zero-order valence-electron chi connectivity index (χ0n) is 10.7. The quantitative estimate of drug-likeness (QED) is 0.754. The van der Waals surface area contributed by atoms with Gasteiger partial charge in [0.05, 0.1) is 12.5 Å². The molecular weight excluding hydrogens is 270 g/mol. The van der Waals surface area contributed by atoms with E-state index in [-0.39, 0.29) is 17.5 Å². The van der Waals surface area contributed by atoms with Gasteiger partial charge in [-0.05, 0) is 18.8 Å². The Morgan fingerprint density at radius 3 is 3.05 bits per heavy atom. The third-order valence-corrected chi connectivity index (χ3v) is 3.77. The fourth-order valence-corrected chi connectivity index (χ4v) is 2.69. The van der Waals surface area contributed by atoms with Crippen LogP contribution in [0.2, 0.25) is 0 Å². The van der Waals surface area contributed by atoms with Crippen LogP contribution < -0.4 is 4.72 Å². The number of nitrogens with zero attached hydrogens (tertiary/aromatic N) is 3. The van der Waals surface area contributed by atoms with E-state index in [1.54, 1.807) is 4.90 Å². The number of carbonyl (C=O) groups is 1. The minimum Gasteiger partial charge on any atom is -0.337 e. The molecule has 0 aromatic carbocycles. The lowest BCUT2D eigenvalue weighted by molar-refractivity contribution is 0.0670. The largest absolute Gasteiger partial charge is 0.337 e. The zero-order valence-corrected chi connectivity index (χ0v) is 11.5. The van der Waals surface area contributed by atoms with Gasteiger partial charge < -0.3 is 4.90 Å². The molecule has 9 heteroatoms. The molecule has 1 atom stereocenters. The zero-order chi connectivity index (χ0) is 13.9. The number of H-pyrrole nitrogens is 1. The summed E-state index contributed by atoms with van der Waals surface area (Å²) in [5, 5.41) is 9.78. The topological polar surface area (TPSA) is 108 Å². The third kappa shape index (κ3) is 4.00. The van der Waals surface area contributed by atoms with Crippen molar-refractivity contribution in [3.63, 3.8) is 0 Å². The van der Waals surface area contributed by atoms with Crippen molar-refractivity contribution in [2.45, 2.75) is 12.8 Å². The maximum Gasteiger partial charge on any atom is 0.276 e. The van der Waals surface area contributed by atoms with Crippen LogP contribution in [0.15, 0.2) is 6.20 Å². The van der Waals surface area contributed by atoms with Crippen molar-refractivity contribution < 1.29 is 13.2 Å². The van der Waals surface area contributed by atoms with E-state index in [4.69, 9.17) is 0 Å². The number of carbonyl (C=O) groups excluding carboxylic acids is 1. The van der Waals surface area contributed by atoms with Gasteiger partial charge in [0.15, 0.2) is 5.69 Å². The Morgan fingerprint density at radius 2 is 2.42 bits per heavy atom. The lowest BCUT2D eigenvalue weighted by Gasteiger charge is -2.32. The molecule has 19 heavy (non-hydrogen) atoms. The normalized spacial score (nSPS) is 20.5. The first-order valence-electron chi connectivity index (χ1n) is 6.05. The molecule has 0 bridgehead atoms. The van der Waals surface area contributed by atoms with Crippen LogP contribution in [0.4, 0.5) is 0 Å². The molecule has 1 unspecified atom stereocenters. The number of sulfonamides is 1. The average molecular weight is 287 g/mol. The molecule has 0 spiro atoms. The fourth-order valence-electron chi connectivity index (χ4n) is 2.15. The molecule has 2 heterocycles. The van der Waals surface area contributed by atoms with Crippen LogP contribution in [-0.4, -0.2) is 60.5 Å². The number of nitrogens with one attached hydrogen (secondary N) is 2. The van der Waals surface area contributed by atoms with E-state index in [0.717, 1.165) is 19.1 Å². The van der Waals surface area contributed by atoms with Crippen LogP contribution in [0.1, 0.15) is 23.3 Å². The smallest absolute Gasteiger partial charge is 0.276 e. The predicted molar refractivity (Wildman–Crippen MR) is 67.9 cm³/mol. The Labute approximate surface area is 111 Å². The van der Waals surface area contributed by atoms with Gasteiger partial charge in [-0.15, -0.1) is 0 Å². The van der Waals surface area contributed by atoms with E-state index in [0.29, 0.717) is 19.6 Å². The number of aromatic nitrogens is 3. The van der Waals surface area contributed by atoms with Crippen molar-refractivity contribution in [2.24, 2.45) is 5.92 Å². The van der Waals surface area contributed by atoms with Gasteiger partial charge in [0, 0.05) is 19.6 Å². The number of likely N-dealkylation sites (tertiary alicyclic amines) is 1. The van der Waals surface area contributed by atoms with E-state index in [2.05, 4.69) is 20.1 Å². The summed E-state index contributed by atoms with van der Waals surface area (Å²) in [5.74, 6) is -0.0304. The molecule has 1 fully saturated rings. The Hall–Kier alpha value is -1.48. The average Bonchev–Trinajstić information content (AvgIpc) is 2.89. The van der Waals surface area contributed by atoms with E-state index in [1.165, 1.54) is 6.20 Å². The van der Waals surface area contributed by atoms with Crippen LogP contribution in [0, 0.1) is 5.92 Å². The van der Waals surface area contributed by atoms with Crippen molar-refractivity contribution in [1.82, 2.24) is 25.0 Å². The van der Waals surface area contributed by atoms with Crippen molar-refractivity contribution in [2.75, 3.05) is 25.9 Å². The second kappa shape index (κ2) is 5.66. The maximum atomic E-state index is 12.1. The molecule has 8 nitrogen and oxygen atoms in total. The van der Waals surface area contributed by atoms with Crippen LogP contribution in [0.25, 0.3) is 0 Å². The van der Waals surface area contributed by atoms with Crippen LogP contribution in [-0.2, 0) is 10.0 Å². The van der Waals surface area contributed by atoms with Gasteiger partial charge in [-0.25, -0.2) is 13.1 Å². The Balaban J connectivity index is 1.92. The van der Waals surface area contributed by atoms with E-state index in [1.807, 2.05) is 0 Å². The first-order valence-corrected chi connectivity index (χ1v) is 7.94. The van der Waals surface area contributed by atoms with Crippen LogP contribution in [0.3, 0.4) is 0 Å². The molecule has 1 aromatic heterocycles. The summed E-state index contributed by atoms with van der Waals surface area (Å²) in [6, 6.07) is 0. The molecule has 2 rings (SSSR count). The Morgan fingerprint density at radius 1 is 1.63 bits per heavy atom. The number of hydrogen-bond donors (Lipinski definition) is 2. The SMILES string of the molecule is CS(=O)(=O)NCC1CCCN(C(=O)c2cn[nH]n2)C1. The van der Waals surface area contributed by atoms with Gasteiger partial charge in [-0.3, -0.25) is 4.79 Å². The van der Waals surface area contributed by atoms with E-state index < -0.39 is 10.0 Å². The highest BCUT2D eigenvalue weighted by molar-refractivity contribution is 7.88. The van der Waals surface area contributed by atoms with E-state index in [9.17, 15) is 13.2 Å². The van der Waals surface area contributed by atoms with Crippen molar-refractivity contribution in [3.8, 4) is 0 Å². The molecule has 1 aliphatic rings. The standard InChI is InChI=1S/C10H17N5O3S/c1-19(17,18)12-5-8-3-2-4-15(7-8)10(16)9-6-11-14-13-9/h6,8,12H,2-5,7H2,1H3,(H,11,13,14). The highest BCUT2D eigenvalue weighted by Gasteiger charge is 2.26. The van der Waals surface area contributed by atoms with Crippen LogP contribution in [0.5, 0.6) is 0 Å². The summed E-state index contributed by atoms with van der Waals surface area (Å²) in [6.45, 7) is 1.57. The first kappa shape index (κ1) is 13.9. The molecule has 1 aromatic rings. The molecule has 2 N–H and O–H groups in total. The summed E-state index contributed by atoms with van der Waals surface area (Å²) in [7, 11) is -3.19. The summed E-state index contributed by atoms with van der Waals surface area (Å²) < 4.78 is 24.6. The highest BCUT2D eigenvalue weighted by Crippen LogP contribution is 2.17. The molecule has 1 aliphatic heterocycles. The molecule has 0 aliphatic carbocycles. The van der Waals surface area contributed by atoms with Gasteiger partial charge in [-0.1, -0.05) is 0 Å². The highest BCUT2D eigenvalue weighted by atomic mass is 32.2. The maximum absolute atomic E-state index is 12.1. The summed E-state index contributed by atoms with van der Waals surface area (Å²) >= 11 is 0. The minimum atomic E-state index is -3.19.